The summed E-state index contributed by atoms with van der Waals surface area (Å²) in [5.74, 6) is 0.987. The van der Waals surface area contributed by atoms with E-state index < -0.39 is 0 Å². The van der Waals surface area contributed by atoms with Crippen LogP contribution in [0.15, 0.2) is 97.2 Å². The number of nitrogens with zero attached hydrogens (tertiary/aromatic N) is 3. The highest BCUT2D eigenvalue weighted by Crippen LogP contribution is 2.34. The van der Waals surface area contributed by atoms with Gasteiger partial charge in [-0.2, -0.15) is 0 Å². The van der Waals surface area contributed by atoms with Crippen molar-refractivity contribution in [1.82, 2.24) is 9.97 Å². The summed E-state index contributed by atoms with van der Waals surface area (Å²) in [6.07, 6.45) is 2.61. The number of para-hydroxylation sites is 3. The van der Waals surface area contributed by atoms with Gasteiger partial charge in [0.1, 0.15) is 11.5 Å². The quantitative estimate of drug-likeness (QED) is 0.262. The van der Waals surface area contributed by atoms with Crippen molar-refractivity contribution in [3.8, 4) is 11.5 Å². The van der Waals surface area contributed by atoms with E-state index >= 15 is 0 Å². The maximum Gasteiger partial charge on any atom is 0.264 e. The molecule has 5 nitrogen and oxygen atoms in total. The summed E-state index contributed by atoms with van der Waals surface area (Å²) in [5.41, 5.74) is 3.36. The van der Waals surface area contributed by atoms with Gasteiger partial charge in [0.2, 0.25) is 0 Å². The highest BCUT2D eigenvalue weighted by Gasteiger charge is 2.25. The molecule has 0 aliphatic rings. The standard InChI is InChI=1S/C28H23N3O2S/c1-2-20-11-10-17-25-26(20)30-28(34-25)31(19-21-12-8-9-18-29-21)27(32)23-15-6-7-16-24(23)33-22-13-4-3-5-14-22/h3-18H,2,19H2,1H3. The summed E-state index contributed by atoms with van der Waals surface area (Å²) in [6, 6.07) is 28.6. The largest absolute Gasteiger partial charge is 0.457 e. The predicted molar refractivity (Wildman–Crippen MR) is 137 cm³/mol. The fourth-order valence-corrected chi connectivity index (χ4v) is 4.78. The first-order valence-corrected chi connectivity index (χ1v) is 12.0. The maximum absolute atomic E-state index is 14.0. The van der Waals surface area contributed by atoms with E-state index in [0.717, 1.165) is 27.9 Å². The number of aryl methyl sites for hydroxylation is 1. The Labute approximate surface area is 202 Å². The zero-order valence-corrected chi connectivity index (χ0v) is 19.5. The van der Waals surface area contributed by atoms with E-state index in [-0.39, 0.29) is 5.91 Å². The number of thiazole rings is 1. The average Bonchev–Trinajstić information content (AvgIpc) is 3.33. The van der Waals surface area contributed by atoms with Crippen molar-refractivity contribution in [3.63, 3.8) is 0 Å². The Hall–Kier alpha value is -4.03. The van der Waals surface area contributed by atoms with Crippen LogP contribution in [0.1, 0.15) is 28.5 Å². The van der Waals surface area contributed by atoms with Crippen LogP contribution in [-0.2, 0) is 13.0 Å². The van der Waals surface area contributed by atoms with Crippen LogP contribution in [0.3, 0.4) is 0 Å². The molecular weight excluding hydrogens is 442 g/mol. The van der Waals surface area contributed by atoms with Gasteiger partial charge in [0.15, 0.2) is 5.13 Å². The van der Waals surface area contributed by atoms with Gasteiger partial charge >= 0.3 is 0 Å². The van der Waals surface area contributed by atoms with E-state index in [1.165, 1.54) is 11.3 Å². The lowest BCUT2D eigenvalue weighted by molar-refractivity contribution is 0.0982. The molecule has 2 aromatic heterocycles. The minimum Gasteiger partial charge on any atom is -0.457 e. The molecule has 0 N–H and O–H groups in total. The van der Waals surface area contributed by atoms with Crippen LogP contribution in [0.4, 0.5) is 5.13 Å². The van der Waals surface area contributed by atoms with Gasteiger partial charge in [0.25, 0.3) is 5.91 Å². The molecule has 2 heterocycles. The number of fused-ring (bicyclic) bond motifs is 1. The Kier molecular flexibility index (Phi) is 6.31. The summed E-state index contributed by atoms with van der Waals surface area (Å²) in [7, 11) is 0. The highest BCUT2D eigenvalue weighted by atomic mass is 32.1. The molecule has 0 aliphatic heterocycles. The molecule has 0 spiro atoms. The number of carbonyl (C=O) groups excluding carboxylic acids is 1. The summed E-state index contributed by atoms with van der Waals surface area (Å²) >= 11 is 1.51. The van der Waals surface area contributed by atoms with Gasteiger partial charge in [-0.05, 0) is 54.4 Å². The number of benzene rings is 3. The van der Waals surface area contributed by atoms with Crippen molar-refractivity contribution in [2.45, 2.75) is 19.9 Å². The van der Waals surface area contributed by atoms with Gasteiger partial charge in [0.05, 0.1) is 28.0 Å². The first-order valence-electron chi connectivity index (χ1n) is 11.1. The average molecular weight is 466 g/mol. The van der Waals surface area contributed by atoms with Gasteiger partial charge in [-0.15, -0.1) is 0 Å². The molecule has 5 rings (SSSR count). The molecule has 0 bridgehead atoms. The number of rotatable bonds is 7. The number of aromatic nitrogens is 2. The Morgan fingerprint density at radius 3 is 2.50 bits per heavy atom. The normalized spacial score (nSPS) is 10.9. The molecule has 0 fully saturated rings. The van der Waals surface area contributed by atoms with Gasteiger partial charge in [-0.1, -0.05) is 66.8 Å². The van der Waals surface area contributed by atoms with Crippen LogP contribution in [0, 0.1) is 0 Å². The van der Waals surface area contributed by atoms with Gasteiger partial charge in [-0.3, -0.25) is 14.7 Å². The third-order valence-corrected chi connectivity index (χ3v) is 6.53. The molecule has 0 saturated heterocycles. The smallest absolute Gasteiger partial charge is 0.264 e. The van der Waals surface area contributed by atoms with Crippen molar-refractivity contribution in [2.75, 3.05) is 4.90 Å². The summed E-state index contributed by atoms with van der Waals surface area (Å²) in [4.78, 5) is 25.0. The molecule has 5 aromatic rings. The van der Waals surface area contributed by atoms with E-state index in [0.29, 0.717) is 28.7 Å². The fraction of sp³-hybridized carbons (Fsp3) is 0.107. The van der Waals surface area contributed by atoms with Crippen molar-refractivity contribution in [1.29, 1.82) is 0 Å². The number of carbonyl (C=O) groups is 1. The van der Waals surface area contributed by atoms with Crippen molar-refractivity contribution in [3.05, 3.63) is 114 Å². The lowest BCUT2D eigenvalue weighted by atomic mass is 10.1. The third-order valence-electron chi connectivity index (χ3n) is 5.48. The van der Waals surface area contributed by atoms with Crippen LogP contribution in [0.25, 0.3) is 10.2 Å². The minimum absolute atomic E-state index is 0.186. The first-order chi connectivity index (χ1) is 16.7. The predicted octanol–water partition coefficient (Wildman–Crippen LogP) is 6.89. The van der Waals surface area contributed by atoms with E-state index in [2.05, 4.69) is 18.0 Å². The Morgan fingerprint density at radius 1 is 0.912 bits per heavy atom. The van der Waals surface area contributed by atoms with Crippen LogP contribution in [0.2, 0.25) is 0 Å². The molecule has 0 radical (unpaired) electrons. The topological polar surface area (TPSA) is 55.3 Å². The molecule has 0 unspecified atom stereocenters. The van der Waals surface area contributed by atoms with Crippen LogP contribution >= 0.6 is 11.3 Å². The van der Waals surface area contributed by atoms with Crippen molar-refractivity contribution < 1.29 is 9.53 Å². The van der Waals surface area contributed by atoms with Crippen LogP contribution in [-0.4, -0.2) is 15.9 Å². The molecular formula is C28H23N3O2S. The van der Waals surface area contributed by atoms with Crippen molar-refractivity contribution in [2.24, 2.45) is 0 Å². The van der Waals surface area contributed by atoms with Gasteiger partial charge in [0, 0.05) is 6.20 Å². The van der Waals surface area contributed by atoms with Crippen LogP contribution in [0.5, 0.6) is 11.5 Å². The molecule has 6 heteroatoms. The monoisotopic (exact) mass is 465 g/mol. The molecule has 168 valence electrons. The Balaban J connectivity index is 1.57. The second-order valence-corrected chi connectivity index (χ2v) is 8.75. The first kappa shape index (κ1) is 21.8. The summed E-state index contributed by atoms with van der Waals surface area (Å²) in [6.45, 7) is 2.42. The molecule has 0 atom stereocenters. The zero-order valence-electron chi connectivity index (χ0n) is 18.7. The molecule has 3 aromatic carbocycles. The summed E-state index contributed by atoms with van der Waals surface area (Å²) < 4.78 is 7.14. The van der Waals surface area contributed by atoms with E-state index in [9.17, 15) is 4.79 Å². The van der Waals surface area contributed by atoms with E-state index in [1.807, 2.05) is 78.9 Å². The number of hydrogen-bond donors (Lipinski definition) is 0. The number of amides is 1. The van der Waals surface area contributed by atoms with E-state index in [4.69, 9.17) is 9.72 Å². The lowest BCUT2D eigenvalue weighted by Gasteiger charge is -2.21. The van der Waals surface area contributed by atoms with E-state index in [1.54, 1.807) is 17.2 Å². The number of anilines is 1. The van der Waals surface area contributed by atoms with Crippen LogP contribution < -0.4 is 9.64 Å². The van der Waals surface area contributed by atoms with Gasteiger partial charge in [-0.25, -0.2) is 4.98 Å². The fourth-order valence-electron chi connectivity index (χ4n) is 3.77. The zero-order chi connectivity index (χ0) is 23.3. The third kappa shape index (κ3) is 4.54. The highest BCUT2D eigenvalue weighted by molar-refractivity contribution is 7.22. The molecule has 1 amide bonds. The summed E-state index contributed by atoms with van der Waals surface area (Å²) in [5, 5.41) is 0.640. The SMILES string of the molecule is CCc1cccc2sc(N(Cc3ccccn3)C(=O)c3ccccc3Oc3ccccc3)nc12. The van der Waals surface area contributed by atoms with Gasteiger partial charge < -0.3 is 4.74 Å². The second kappa shape index (κ2) is 9.85. The van der Waals surface area contributed by atoms with Crippen molar-refractivity contribution >= 4 is 32.6 Å². The number of ether oxygens (including phenoxy) is 1. The molecule has 0 saturated carbocycles. The second-order valence-electron chi connectivity index (χ2n) is 7.74. The Bertz CT molecular complexity index is 1420. The molecule has 0 aliphatic carbocycles. The minimum atomic E-state index is -0.186. The molecule has 34 heavy (non-hydrogen) atoms. The lowest BCUT2D eigenvalue weighted by Crippen LogP contribution is -2.31. The number of pyridine rings is 1. The number of hydrogen-bond acceptors (Lipinski definition) is 5. The maximum atomic E-state index is 14.0. The Morgan fingerprint density at radius 2 is 1.71 bits per heavy atom.